The van der Waals surface area contributed by atoms with E-state index in [1.165, 1.54) is 11.8 Å². The van der Waals surface area contributed by atoms with E-state index in [1.807, 2.05) is 19.1 Å². The van der Waals surface area contributed by atoms with E-state index < -0.39 is 0 Å². The Labute approximate surface area is 114 Å². The maximum absolute atomic E-state index is 8.75. The minimum absolute atomic E-state index is 0.0421. The van der Waals surface area contributed by atoms with E-state index in [0.717, 1.165) is 5.69 Å². The maximum atomic E-state index is 8.75. The molecule has 0 amide bonds. The molecule has 0 spiro atoms. The van der Waals surface area contributed by atoms with Crippen molar-refractivity contribution in [2.24, 2.45) is 5.92 Å². The number of rotatable bonds is 4. The number of nitriles is 1. The molecule has 1 atom stereocenters. The highest BCUT2D eigenvalue weighted by molar-refractivity contribution is 7.99. The van der Waals surface area contributed by atoms with Gasteiger partial charge in [0.05, 0.1) is 17.7 Å². The van der Waals surface area contributed by atoms with Crippen molar-refractivity contribution in [3.05, 3.63) is 29.3 Å². The van der Waals surface area contributed by atoms with Gasteiger partial charge in [-0.3, -0.25) is 0 Å². The van der Waals surface area contributed by atoms with Crippen molar-refractivity contribution in [3.63, 3.8) is 0 Å². The fourth-order valence-electron chi connectivity index (χ4n) is 1.28. The molecule has 0 saturated heterocycles. The van der Waals surface area contributed by atoms with E-state index in [9.17, 15) is 0 Å². The smallest absolute Gasteiger partial charge is 0.198 e. The summed E-state index contributed by atoms with van der Waals surface area (Å²) < 4.78 is 1.61. The Morgan fingerprint density at radius 2 is 2.39 bits per heavy atom. The van der Waals surface area contributed by atoms with Gasteiger partial charge in [0.2, 0.25) is 5.16 Å². The Kier molecular flexibility index (Phi) is 4.18. The standard InChI is InChI=1S/C11H10ClN5S/c1-8(6-13)7-18-11-14-15-16-17(11)10-4-2-3-9(12)5-10/h2-5,8H,7H2,1H3/t8-/m0/s1. The van der Waals surface area contributed by atoms with Crippen LogP contribution in [-0.4, -0.2) is 26.0 Å². The van der Waals surface area contributed by atoms with Gasteiger partial charge in [-0.25, -0.2) is 0 Å². The van der Waals surface area contributed by atoms with E-state index in [-0.39, 0.29) is 5.92 Å². The third kappa shape index (κ3) is 3.00. The van der Waals surface area contributed by atoms with Crippen molar-refractivity contribution in [2.75, 3.05) is 5.75 Å². The first-order valence-electron chi connectivity index (χ1n) is 5.27. The van der Waals surface area contributed by atoms with Crippen molar-refractivity contribution >= 4 is 23.4 Å². The highest BCUT2D eigenvalue weighted by Crippen LogP contribution is 2.21. The summed E-state index contributed by atoms with van der Waals surface area (Å²) in [5.74, 6) is 0.608. The highest BCUT2D eigenvalue weighted by atomic mass is 35.5. The average molecular weight is 280 g/mol. The minimum Gasteiger partial charge on any atom is -0.198 e. The summed E-state index contributed by atoms with van der Waals surface area (Å²) in [5, 5.41) is 21.5. The van der Waals surface area contributed by atoms with Gasteiger partial charge in [0.15, 0.2) is 0 Å². The summed E-state index contributed by atoms with van der Waals surface area (Å²) >= 11 is 7.38. The molecule has 92 valence electrons. The van der Waals surface area contributed by atoms with Gasteiger partial charge >= 0.3 is 0 Å². The average Bonchev–Trinajstić information content (AvgIpc) is 2.84. The first kappa shape index (κ1) is 12.9. The third-order valence-corrected chi connectivity index (χ3v) is 3.59. The maximum Gasteiger partial charge on any atom is 0.214 e. The summed E-state index contributed by atoms with van der Waals surface area (Å²) in [6.45, 7) is 1.86. The van der Waals surface area contributed by atoms with Crippen LogP contribution in [0.2, 0.25) is 5.02 Å². The summed E-state index contributed by atoms with van der Waals surface area (Å²) in [6, 6.07) is 9.47. The van der Waals surface area contributed by atoms with E-state index in [2.05, 4.69) is 21.6 Å². The number of hydrogen-bond acceptors (Lipinski definition) is 5. The van der Waals surface area contributed by atoms with Crippen LogP contribution in [0.15, 0.2) is 29.4 Å². The lowest BCUT2D eigenvalue weighted by Gasteiger charge is -2.04. The van der Waals surface area contributed by atoms with Crippen LogP contribution in [0.25, 0.3) is 5.69 Å². The van der Waals surface area contributed by atoms with Crippen LogP contribution in [0.1, 0.15) is 6.92 Å². The van der Waals surface area contributed by atoms with E-state index in [0.29, 0.717) is 15.9 Å². The molecule has 0 unspecified atom stereocenters. The Bertz CT molecular complexity index is 577. The van der Waals surface area contributed by atoms with Crippen LogP contribution >= 0.6 is 23.4 Å². The zero-order valence-electron chi connectivity index (χ0n) is 9.62. The lowest BCUT2D eigenvalue weighted by Crippen LogP contribution is -2.01. The molecule has 0 N–H and O–H groups in total. The van der Waals surface area contributed by atoms with Crippen molar-refractivity contribution in [2.45, 2.75) is 12.1 Å². The van der Waals surface area contributed by atoms with Crippen LogP contribution in [-0.2, 0) is 0 Å². The van der Waals surface area contributed by atoms with E-state index in [4.69, 9.17) is 16.9 Å². The second-order valence-corrected chi connectivity index (χ2v) is 5.12. The van der Waals surface area contributed by atoms with Crippen LogP contribution in [0.5, 0.6) is 0 Å². The zero-order valence-corrected chi connectivity index (χ0v) is 11.2. The zero-order chi connectivity index (χ0) is 13.0. The van der Waals surface area contributed by atoms with E-state index in [1.54, 1.807) is 16.8 Å². The van der Waals surface area contributed by atoms with Gasteiger partial charge in [-0.15, -0.1) is 5.10 Å². The SMILES string of the molecule is C[C@@H](C#N)CSc1nnnn1-c1cccc(Cl)c1. The largest absolute Gasteiger partial charge is 0.214 e. The van der Waals surface area contributed by atoms with Crippen LogP contribution in [0.4, 0.5) is 0 Å². The number of halogens is 1. The van der Waals surface area contributed by atoms with Gasteiger partial charge in [-0.1, -0.05) is 29.4 Å². The van der Waals surface area contributed by atoms with Gasteiger partial charge in [0, 0.05) is 10.8 Å². The second kappa shape index (κ2) is 5.85. The number of benzene rings is 1. The summed E-state index contributed by atoms with van der Waals surface area (Å²) in [4.78, 5) is 0. The molecular weight excluding hydrogens is 270 g/mol. The predicted octanol–water partition coefficient (Wildman–Crippen LogP) is 2.57. The molecule has 0 bridgehead atoms. The first-order chi connectivity index (χ1) is 8.70. The molecule has 18 heavy (non-hydrogen) atoms. The van der Waals surface area contributed by atoms with Crippen LogP contribution < -0.4 is 0 Å². The van der Waals surface area contributed by atoms with Gasteiger partial charge in [0.1, 0.15) is 0 Å². The molecule has 7 heteroatoms. The summed E-state index contributed by atoms with van der Waals surface area (Å²) in [6.07, 6.45) is 0. The second-order valence-electron chi connectivity index (χ2n) is 3.69. The first-order valence-corrected chi connectivity index (χ1v) is 6.64. The fraction of sp³-hybridized carbons (Fsp3) is 0.273. The Morgan fingerprint density at radius 1 is 1.56 bits per heavy atom. The van der Waals surface area contributed by atoms with Crippen molar-refractivity contribution in [3.8, 4) is 11.8 Å². The molecule has 0 saturated carbocycles. The molecular formula is C11H10ClN5S. The molecule has 1 heterocycles. The normalized spacial score (nSPS) is 12.1. The molecule has 0 aliphatic carbocycles. The van der Waals surface area contributed by atoms with Crippen molar-refractivity contribution < 1.29 is 0 Å². The molecule has 1 aromatic heterocycles. The number of nitrogens with zero attached hydrogens (tertiary/aromatic N) is 5. The summed E-state index contributed by atoms with van der Waals surface area (Å²) in [7, 11) is 0. The summed E-state index contributed by atoms with van der Waals surface area (Å²) in [5.41, 5.74) is 0.805. The molecule has 2 rings (SSSR count). The molecule has 2 aromatic rings. The lowest BCUT2D eigenvalue weighted by atomic mass is 10.3. The van der Waals surface area contributed by atoms with Crippen LogP contribution in [0, 0.1) is 17.2 Å². The minimum atomic E-state index is -0.0421. The van der Waals surface area contributed by atoms with Crippen LogP contribution in [0.3, 0.4) is 0 Å². The lowest BCUT2D eigenvalue weighted by molar-refractivity contribution is 0.754. The number of hydrogen-bond donors (Lipinski definition) is 0. The molecule has 1 aromatic carbocycles. The van der Waals surface area contributed by atoms with Gasteiger partial charge in [0.25, 0.3) is 0 Å². The topological polar surface area (TPSA) is 67.4 Å². The van der Waals surface area contributed by atoms with Crippen molar-refractivity contribution in [1.29, 1.82) is 5.26 Å². The number of tetrazole rings is 1. The van der Waals surface area contributed by atoms with Crippen molar-refractivity contribution in [1.82, 2.24) is 20.2 Å². The molecule has 5 nitrogen and oxygen atoms in total. The highest BCUT2D eigenvalue weighted by Gasteiger charge is 2.11. The molecule has 0 fully saturated rings. The fourth-order valence-corrected chi connectivity index (χ4v) is 2.29. The molecule has 0 aliphatic heterocycles. The van der Waals surface area contributed by atoms with Gasteiger partial charge in [-0.05, 0) is 35.5 Å². The predicted molar refractivity (Wildman–Crippen MR) is 69.7 cm³/mol. The molecule has 0 aliphatic rings. The Hall–Kier alpha value is -1.58. The van der Waals surface area contributed by atoms with E-state index >= 15 is 0 Å². The van der Waals surface area contributed by atoms with Gasteiger partial charge < -0.3 is 0 Å². The monoisotopic (exact) mass is 279 g/mol. The third-order valence-electron chi connectivity index (χ3n) is 2.18. The quantitative estimate of drug-likeness (QED) is 0.805. The van der Waals surface area contributed by atoms with Gasteiger partial charge in [-0.2, -0.15) is 9.94 Å². The number of thioether (sulfide) groups is 1. The Morgan fingerprint density at radius 3 is 3.11 bits per heavy atom. The Balaban J connectivity index is 2.20. The number of aromatic nitrogens is 4. The molecule has 0 radical (unpaired) electrons.